The molecule has 3 rings (SSSR count). The molecule has 1 amide bonds. The number of alkyl halides is 3. The van der Waals surface area contributed by atoms with Crippen molar-refractivity contribution in [1.29, 1.82) is 0 Å². The van der Waals surface area contributed by atoms with E-state index in [-0.39, 0.29) is 31.2 Å². The van der Waals surface area contributed by atoms with E-state index in [0.29, 0.717) is 24.8 Å². The third-order valence-corrected chi connectivity index (χ3v) is 6.01. The van der Waals surface area contributed by atoms with Gasteiger partial charge in [-0.15, -0.1) is 12.4 Å². The lowest BCUT2D eigenvalue weighted by Gasteiger charge is -2.38. The van der Waals surface area contributed by atoms with Gasteiger partial charge in [-0.05, 0) is 57.4 Å². The first-order valence-electron chi connectivity index (χ1n) is 9.04. The maximum absolute atomic E-state index is 12.9. The molecular formula is C17H28ClF3N2O. The molecule has 0 aromatic heterocycles. The van der Waals surface area contributed by atoms with Crippen molar-refractivity contribution in [3.8, 4) is 0 Å². The highest BCUT2D eigenvalue weighted by atomic mass is 35.5. The highest BCUT2D eigenvalue weighted by Crippen LogP contribution is 2.40. The molecule has 1 saturated carbocycles. The number of piperidine rings is 1. The number of rotatable bonds is 2. The molecule has 24 heavy (non-hydrogen) atoms. The van der Waals surface area contributed by atoms with Gasteiger partial charge in [-0.1, -0.05) is 6.42 Å². The van der Waals surface area contributed by atoms with Crippen LogP contribution in [0.15, 0.2) is 0 Å². The molecule has 0 aromatic rings. The highest BCUT2D eigenvalue weighted by molar-refractivity contribution is 5.85. The summed E-state index contributed by atoms with van der Waals surface area (Å²) in [7, 11) is 0. The van der Waals surface area contributed by atoms with E-state index in [1.807, 2.05) is 4.90 Å². The van der Waals surface area contributed by atoms with E-state index in [1.165, 1.54) is 12.8 Å². The molecule has 0 bridgehead atoms. The minimum absolute atomic E-state index is 0. The molecule has 140 valence electrons. The second-order valence-corrected chi connectivity index (χ2v) is 7.47. The van der Waals surface area contributed by atoms with Crippen LogP contribution in [0.2, 0.25) is 0 Å². The van der Waals surface area contributed by atoms with Crippen molar-refractivity contribution in [2.45, 2.75) is 63.6 Å². The average Bonchev–Trinajstić information content (AvgIpc) is 3.08. The number of hydrogen-bond donors (Lipinski definition) is 1. The van der Waals surface area contributed by atoms with Gasteiger partial charge >= 0.3 is 6.18 Å². The van der Waals surface area contributed by atoms with Gasteiger partial charge < -0.3 is 10.2 Å². The molecule has 7 heteroatoms. The largest absolute Gasteiger partial charge is 0.391 e. The summed E-state index contributed by atoms with van der Waals surface area (Å²) in [5, 5.41) is 3.53. The van der Waals surface area contributed by atoms with Crippen LogP contribution in [0.25, 0.3) is 0 Å². The number of halogens is 4. The predicted octanol–water partition coefficient (Wildman–Crippen LogP) is 3.77. The van der Waals surface area contributed by atoms with Crippen molar-refractivity contribution in [1.82, 2.24) is 10.2 Å². The summed E-state index contributed by atoms with van der Waals surface area (Å²) in [6.07, 6.45) is 1.57. The second-order valence-electron chi connectivity index (χ2n) is 7.47. The Hall–Kier alpha value is -0.490. The predicted molar refractivity (Wildman–Crippen MR) is 89.1 cm³/mol. The van der Waals surface area contributed by atoms with Crippen molar-refractivity contribution < 1.29 is 18.0 Å². The van der Waals surface area contributed by atoms with Crippen LogP contribution in [0.4, 0.5) is 13.2 Å². The molecule has 1 aliphatic carbocycles. The summed E-state index contributed by atoms with van der Waals surface area (Å²) in [4.78, 5) is 14.4. The zero-order chi connectivity index (χ0) is 16.4. The van der Waals surface area contributed by atoms with Crippen LogP contribution in [0.3, 0.4) is 0 Å². The number of nitrogens with one attached hydrogen (secondary N) is 1. The Balaban J connectivity index is 0.00000208. The first-order chi connectivity index (χ1) is 10.9. The standard InChI is InChI=1S/C17H27F3N2O.ClH/c18-17(19,20)14-4-1-3-13(11-14)16(23)22-9-6-12(7-10-22)15-5-2-8-21-15;/h12-15,21H,1-11H2;1H. The minimum Gasteiger partial charge on any atom is -0.342 e. The van der Waals surface area contributed by atoms with E-state index < -0.39 is 18.0 Å². The molecule has 2 saturated heterocycles. The fourth-order valence-corrected chi connectivity index (χ4v) is 4.61. The summed E-state index contributed by atoms with van der Waals surface area (Å²) in [5.74, 6) is -1.12. The van der Waals surface area contributed by atoms with Crippen LogP contribution in [-0.4, -0.2) is 42.7 Å². The fourth-order valence-electron chi connectivity index (χ4n) is 4.61. The Morgan fingerprint density at radius 1 is 1.00 bits per heavy atom. The van der Waals surface area contributed by atoms with Gasteiger partial charge in [0.25, 0.3) is 0 Å². The van der Waals surface area contributed by atoms with Crippen molar-refractivity contribution in [3.05, 3.63) is 0 Å². The van der Waals surface area contributed by atoms with Gasteiger partial charge in [0.15, 0.2) is 0 Å². The van der Waals surface area contributed by atoms with Crippen LogP contribution in [0, 0.1) is 17.8 Å². The maximum atomic E-state index is 12.9. The Kier molecular flexibility index (Phi) is 6.82. The molecule has 1 N–H and O–H groups in total. The zero-order valence-electron chi connectivity index (χ0n) is 14.0. The van der Waals surface area contributed by atoms with Crippen LogP contribution >= 0.6 is 12.4 Å². The lowest BCUT2D eigenvalue weighted by atomic mass is 9.79. The van der Waals surface area contributed by atoms with Gasteiger partial charge in [-0.3, -0.25) is 4.79 Å². The summed E-state index contributed by atoms with van der Waals surface area (Å²) < 4.78 is 38.7. The first kappa shape index (κ1) is 19.8. The normalized spacial score (nSPS) is 32.5. The van der Waals surface area contributed by atoms with Crippen LogP contribution in [0.5, 0.6) is 0 Å². The summed E-state index contributed by atoms with van der Waals surface area (Å²) in [6, 6.07) is 0.580. The lowest BCUT2D eigenvalue weighted by molar-refractivity contribution is -0.187. The first-order valence-corrected chi connectivity index (χ1v) is 9.04. The molecule has 2 aliphatic heterocycles. The van der Waals surface area contributed by atoms with E-state index in [0.717, 1.165) is 32.5 Å². The lowest BCUT2D eigenvalue weighted by Crippen LogP contribution is -2.46. The third-order valence-electron chi connectivity index (χ3n) is 6.01. The van der Waals surface area contributed by atoms with E-state index in [4.69, 9.17) is 0 Å². The Bertz CT molecular complexity index is 419. The molecule has 2 heterocycles. The van der Waals surface area contributed by atoms with Crippen LogP contribution in [-0.2, 0) is 4.79 Å². The summed E-state index contributed by atoms with van der Waals surface area (Å²) in [6.45, 7) is 2.52. The van der Waals surface area contributed by atoms with Crippen molar-refractivity contribution >= 4 is 18.3 Å². The number of likely N-dealkylation sites (tertiary alicyclic amines) is 1. The van der Waals surface area contributed by atoms with E-state index in [1.54, 1.807) is 0 Å². The van der Waals surface area contributed by atoms with Gasteiger partial charge in [0.1, 0.15) is 0 Å². The number of carbonyl (C=O) groups is 1. The molecule has 0 aromatic carbocycles. The van der Waals surface area contributed by atoms with Crippen LogP contribution < -0.4 is 5.32 Å². The van der Waals surface area contributed by atoms with E-state index in [2.05, 4.69) is 5.32 Å². The number of amides is 1. The minimum atomic E-state index is -4.15. The quantitative estimate of drug-likeness (QED) is 0.804. The van der Waals surface area contributed by atoms with Gasteiger partial charge in [-0.2, -0.15) is 13.2 Å². The van der Waals surface area contributed by atoms with Gasteiger partial charge in [-0.25, -0.2) is 0 Å². The topological polar surface area (TPSA) is 32.3 Å². The molecular weight excluding hydrogens is 341 g/mol. The van der Waals surface area contributed by atoms with E-state index >= 15 is 0 Å². The molecule has 3 unspecified atom stereocenters. The maximum Gasteiger partial charge on any atom is 0.391 e. The van der Waals surface area contributed by atoms with Crippen molar-refractivity contribution in [2.24, 2.45) is 17.8 Å². The van der Waals surface area contributed by atoms with Gasteiger partial charge in [0.05, 0.1) is 5.92 Å². The fraction of sp³-hybridized carbons (Fsp3) is 0.941. The molecule has 3 atom stereocenters. The molecule has 3 fully saturated rings. The van der Waals surface area contributed by atoms with Crippen molar-refractivity contribution in [3.63, 3.8) is 0 Å². The monoisotopic (exact) mass is 368 g/mol. The number of hydrogen-bond acceptors (Lipinski definition) is 2. The highest BCUT2D eigenvalue weighted by Gasteiger charge is 2.44. The summed E-state index contributed by atoms with van der Waals surface area (Å²) >= 11 is 0. The zero-order valence-corrected chi connectivity index (χ0v) is 14.8. The Morgan fingerprint density at radius 3 is 2.29 bits per heavy atom. The van der Waals surface area contributed by atoms with Crippen LogP contribution in [0.1, 0.15) is 51.4 Å². The van der Waals surface area contributed by atoms with E-state index in [9.17, 15) is 18.0 Å². The molecule has 3 aliphatic rings. The van der Waals surface area contributed by atoms with Crippen molar-refractivity contribution in [2.75, 3.05) is 19.6 Å². The second kappa shape index (κ2) is 8.26. The molecule has 0 radical (unpaired) electrons. The molecule has 0 spiro atoms. The third kappa shape index (κ3) is 4.57. The SMILES string of the molecule is Cl.O=C(C1CCCC(C(F)(F)F)C1)N1CCC(C2CCCN2)CC1. The number of nitrogens with zero attached hydrogens (tertiary/aromatic N) is 1. The van der Waals surface area contributed by atoms with Gasteiger partial charge in [0.2, 0.25) is 5.91 Å². The summed E-state index contributed by atoms with van der Waals surface area (Å²) in [5.41, 5.74) is 0. The Labute approximate surface area is 148 Å². The smallest absolute Gasteiger partial charge is 0.342 e. The van der Waals surface area contributed by atoms with Gasteiger partial charge in [0, 0.05) is 25.0 Å². The Morgan fingerprint density at radius 2 is 1.71 bits per heavy atom. The average molecular weight is 369 g/mol. The number of carbonyl (C=O) groups excluding carboxylic acids is 1. The molecule has 3 nitrogen and oxygen atoms in total.